The second-order valence-corrected chi connectivity index (χ2v) is 7.79. The van der Waals surface area contributed by atoms with Crippen LogP contribution in [0.1, 0.15) is 5.56 Å². The molecule has 0 bridgehead atoms. The summed E-state index contributed by atoms with van der Waals surface area (Å²) in [6, 6.07) is 11.7. The van der Waals surface area contributed by atoms with Crippen molar-refractivity contribution in [1.82, 2.24) is 9.80 Å². The molecule has 2 aromatic carbocycles. The van der Waals surface area contributed by atoms with Crippen LogP contribution in [0.25, 0.3) is 0 Å². The predicted octanol–water partition coefficient (Wildman–Crippen LogP) is 4.66. The Labute approximate surface area is 180 Å². The molecule has 0 saturated carbocycles. The summed E-state index contributed by atoms with van der Waals surface area (Å²) in [7, 11) is 0. The first kappa shape index (κ1) is 21.3. The maximum absolute atomic E-state index is 13.2. The van der Waals surface area contributed by atoms with Crippen LogP contribution >= 0.6 is 35.4 Å². The number of morpholine rings is 1. The standard InChI is InChI=1S/C20H22Cl2FN3OS/c21-16-3-6-18(22)19(13-16)24-20(28)26(8-7-25-9-11-27-12-10-25)14-15-1-4-17(23)5-2-15/h1-6,13H,7-12,14H2,(H,24,28). The maximum atomic E-state index is 13.2. The number of anilines is 1. The lowest BCUT2D eigenvalue weighted by atomic mass is 10.2. The summed E-state index contributed by atoms with van der Waals surface area (Å²) >= 11 is 18.0. The zero-order chi connectivity index (χ0) is 19.9. The van der Waals surface area contributed by atoms with E-state index in [-0.39, 0.29) is 5.82 Å². The van der Waals surface area contributed by atoms with Gasteiger partial charge < -0.3 is 15.0 Å². The van der Waals surface area contributed by atoms with E-state index in [1.54, 1.807) is 30.3 Å². The van der Waals surface area contributed by atoms with Gasteiger partial charge in [0.2, 0.25) is 0 Å². The summed E-state index contributed by atoms with van der Waals surface area (Å²) in [6.07, 6.45) is 0. The minimum Gasteiger partial charge on any atom is -0.379 e. The number of halogens is 3. The second-order valence-electron chi connectivity index (χ2n) is 6.56. The van der Waals surface area contributed by atoms with Gasteiger partial charge in [-0.15, -0.1) is 0 Å². The molecule has 1 fully saturated rings. The molecule has 1 heterocycles. The molecule has 0 aromatic heterocycles. The molecule has 0 amide bonds. The van der Waals surface area contributed by atoms with Gasteiger partial charge in [-0.3, -0.25) is 4.90 Å². The molecule has 0 aliphatic carbocycles. The third-order valence-electron chi connectivity index (χ3n) is 4.53. The molecule has 0 atom stereocenters. The Hall–Kier alpha value is -1.44. The van der Waals surface area contributed by atoms with E-state index in [9.17, 15) is 4.39 Å². The van der Waals surface area contributed by atoms with E-state index >= 15 is 0 Å². The highest BCUT2D eigenvalue weighted by atomic mass is 35.5. The molecule has 0 spiro atoms. The minimum atomic E-state index is -0.255. The van der Waals surface area contributed by atoms with Crippen LogP contribution in [0, 0.1) is 5.82 Å². The number of thiocarbonyl (C=S) groups is 1. The van der Waals surface area contributed by atoms with Crippen LogP contribution < -0.4 is 5.32 Å². The number of hydrogen-bond acceptors (Lipinski definition) is 3. The van der Waals surface area contributed by atoms with Gasteiger partial charge in [0, 0.05) is 37.7 Å². The lowest BCUT2D eigenvalue weighted by molar-refractivity contribution is 0.0358. The van der Waals surface area contributed by atoms with Gasteiger partial charge in [0.25, 0.3) is 0 Å². The maximum Gasteiger partial charge on any atom is 0.173 e. The van der Waals surface area contributed by atoms with Crippen molar-refractivity contribution in [3.63, 3.8) is 0 Å². The number of nitrogens with zero attached hydrogens (tertiary/aromatic N) is 2. The van der Waals surface area contributed by atoms with Crippen molar-refractivity contribution in [1.29, 1.82) is 0 Å². The SMILES string of the molecule is Fc1ccc(CN(CCN2CCOCC2)C(=S)Nc2cc(Cl)ccc2Cl)cc1. The van der Waals surface area contributed by atoms with Gasteiger partial charge in [0.05, 0.1) is 23.9 Å². The van der Waals surface area contributed by atoms with E-state index in [0.29, 0.717) is 27.4 Å². The Bertz CT molecular complexity index is 801. The van der Waals surface area contributed by atoms with Crippen LogP contribution in [0.15, 0.2) is 42.5 Å². The van der Waals surface area contributed by atoms with Crippen molar-refractivity contribution in [3.8, 4) is 0 Å². The molecule has 150 valence electrons. The third-order valence-corrected chi connectivity index (χ3v) is 5.46. The van der Waals surface area contributed by atoms with E-state index in [0.717, 1.165) is 45.0 Å². The zero-order valence-electron chi connectivity index (χ0n) is 15.3. The highest BCUT2D eigenvalue weighted by Gasteiger charge is 2.16. The molecule has 2 aromatic rings. The largest absolute Gasteiger partial charge is 0.379 e. The third kappa shape index (κ3) is 6.29. The van der Waals surface area contributed by atoms with Crippen LogP contribution in [0.4, 0.5) is 10.1 Å². The number of nitrogens with one attached hydrogen (secondary N) is 1. The van der Waals surface area contributed by atoms with Crippen molar-refractivity contribution in [2.45, 2.75) is 6.54 Å². The van der Waals surface area contributed by atoms with Crippen LogP contribution in [0.2, 0.25) is 10.0 Å². The van der Waals surface area contributed by atoms with Crippen LogP contribution in [-0.2, 0) is 11.3 Å². The number of rotatable bonds is 6. The average molecular weight is 442 g/mol. The van der Waals surface area contributed by atoms with Crippen molar-refractivity contribution < 1.29 is 9.13 Å². The normalized spacial score (nSPS) is 14.7. The van der Waals surface area contributed by atoms with Crippen LogP contribution in [0.5, 0.6) is 0 Å². The molecule has 28 heavy (non-hydrogen) atoms. The molecular formula is C20H22Cl2FN3OS. The first-order valence-corrected chi connectivity index (χ1v) is 10.2. The Morgan fingerprint density at radius 3 is 2.57 bits per heavy atom. The Kier molecular flexibility index (Phi) is 7.88. The predicted molar refractivity (Wildman–Crippen MR) is 117 cm³/mol. The Morgan fingerprint density at radius 2 is 1.86 bits per heavy atom. The molecule has 0 unspecified atom stereocenters. The van der Waals surface area contributed by atoms with E-state index in [4.69, 9.17) is 40.2 Å². The topological polar surface area (TPSA) is 27.7 Å². The molecule has 0 radical (unpaired) electrons. The Morgan fingerprint density at radius 1 is 1.14 bits per heavy atom. The van der Waals surface area contributed by atoms with E-state index in [1.807, 2.05) is 0 Å². The fourth-order valence-electron chi connectivity index (χ4n) is 2.94. The second kappa shape index (κ2) is 10.4. The van der Waals surface area contributed by atoms with Crippen LogP contribution in [-0.4, -0.2) is 54.3 Å². The van der Waals surface area contributed by atoms with E-state index in [1.165, 1.54) is 12.1 Å². The lowest BCUT2D eigenvalue weighted by Gasteiger charge is -2.31. The minimum absolute atomic E-state index is 0.255. The van der Waals surface area contributed by atoms with Crippen molar-refractivity contribution in [2.24, 2.45) is 0 Å². The summed E-state index contributed by atoms with van der Waals surface area (Å²) in [5.74, 6) is -0.255. The first-order valence-electron chi connectivity index (χ1n) is 9.07. The number of ether oxygens (including phenoxy) is 1. The molecule has 1 aliphatic rings. The molecule has 4 nitrogen and oxygen atoms in total. The molecule has 1 saturated heterocycles. The summed E-state index contributed by atoms with van der Waals surface area (Å²) in [5, 5.41) is 4.86. The Balaban J connectivity index is 1.70. The summed E-state index contributed by atoms with van der Waals surface area (Å²) in [4.78, 5) is 4.39. The van der Waals surface area contributed by atoms with Gasteiger partial charge in [-0.05, 0) is 48.1 Å². The van der Waals surface area contributed by atoms with Crippen molar-refractivity contribution >= 4 is 46.2 Å². The average Bonchev–Trinajstić information content (AvgIpc) is 2.70. The monoisotopic (exact) mass is 441 g/mol. The van der Waals surface area contributed by atoms with Crippen LogP contribution in [0.3, 0.4) is 0 Å². The molecule has 8 heteroatoms. The summed E-state index contributed by atoms with van der Waals surface area (Å²) in [6.45, 7) is 5.46. The zero-order valence-corrected chi connectivity index (χ0v) is 17.7. The van der Waals surface area contributed by atoms with Gasteiger partial charge in [-0.2, -0.15) is 0 Å². The number of benzene rings is 2. The van der Waals surface area contributed by atoms with Gasteiger partial charge in [0.1, 0.15) is 5.82 Å². The smallest absolute Gasteiger partial charge is 0.173 e. The number of hydrogen-bond donors (Lipinski definition) is 1. The highest BCUT2D eigenvalue weighted by molar-refractivity contribution is 7.80. The summed E-state index contributed by atoms with van der Waals surface area (Å²) < 4.78 is 18.7. The van der Waals surface area contributed by atoms with Gasteiger partial charge >= 0.3 is 0 Å². The first-order chi connectivity index (χ1) is 13.5. The molecule has 3 rings (SSSR count). The van der Waals surface area contributed by atoms with Gasteiger partial charge in [-0.1, -0.05) is 35.3 Å². The van der Waals surface area contributed by atoms with Crippen molar-refractivity contribution in [2.75, 3.05) is 44.7 Å². The van der Waals surface area contributed by atoms with E-state index in [2.05, 4.69) is 15.1 Å². The molecule has 1 N–H and O–H groups in total. The lowest BCUT2D eigenvalue weighted by Crippen LogP contribution is -2.44. The van der Waals surface area contributed by atoms with Gasteiger partial charge in [-0.25, -0.2) is 4.39 Å². The highest BCUT2D eigenvalue weighted by Crippen LogP contribution is 2.26. The quantitative estimate of drug-likeness (QED) is 0.657. The fourth-order valence-corrected chi connectivity index (χ4v) is 3.54. The molecule has 1 aliphatic heterocycles. The van der Waals surface area contributed by atoms with Gasteiger partial charge in [0.15, 0.2) is 5.11 Å². The van der Waals surface area contributed by atoms with Crippen molar-refractivity contribution in [3.05, 3.63) is 63.9 Å². The van der Waals surface area contributed by atoms with E-state index < -0.39 is 0 Å². The fraction of sp³-hybridized carbons (Fsp3) is 0.350. The molecular weight excluding hydrogens is 420 g/mol. The summed E-state index contributed by atoms with van der Waals surface area (Å²) in [5.41, 5.74) is 1.64.